The molecule has 1 spiro atoms. The van der Waals surface area contributed by atoms with Crippen molar-refractivity contribution in [2.75, 3.05) is 7.11 Å². The second-order valence-electron chi connectivity index (χ2n) is 6.57. The van der Waals surface area contributed by atoms with Crippen LogP contribution in [0.3, 0.4) is 0 Å². The third-order valence-electron chi connectivity index (χ3n) is 5.11. The Hall–Kier alpha value is -2.04. The van der Waals surface area contributed by atoms with Gasteiger partial charge in [-0.1, -0.05) is 25.0 Å². The van der Waals surface area contributed by atoms with Crippen molar-refractivity contribution < 1.29 is 14.3 Å². The maximum absolute atomic E-state index is 13.0. The molecule has 2 aliphatic rings. The van der Waals surface area contributed by atoms with Crippen molar-refractivity contribution in [1.29, 1.82) is 0 Å². The molecule has 1 aromatic rings. The molecule has 2 N–H and O–H groups in total. The molecule has 1 heterocycles. The molecule has 2 amide bonds. The Morgan fingerprint density at radius 2 is 2.13 bits per heavy atom. The van der Waals surface area contributed by atoms with E-state index in [0.717, 1.165) is 37.0 Å². The van der Waals surface area contributed by atoms with Crippen molar-refractivity contribution >= 4 is 11.8 Å². The molecule has 3 rings (SSSR count). The van der Waals surface area contributed by atoms with E-state index >= 15 is 0 Å². The number of rotatable bonds is 4. The average molecular weight is 315 g/mol. The van der Waals surface area contributed by atoms with Gasteiger partial charge in [0.15, 0.2) is 0 Å². The van der Waals surface area contributed by atoms with Crippen LogP contribution >= 0.6 is 0 Å². The van der Waals surface area contributed by atoms with Crippen molar-refractivity contribution in [3.8, 4) is 5.75 Å². The first-order valence-corrected chi connectivity index (χ1v) is 8.11. The van der Waals surface area contributed by atoms with Gasteiger partial charge < -0.3 is 15.4 Å². The molecule has 5 heteroatoms. The zero-order valence-electron chi connectivity index (χ0n) is 13.5. The van der Waals surface area contributed by atoms with Crippen LogP contribution in [0.1, 0.15) is 37.7 Å². The van der Waals surface area contributed by atoms with Crippen molar-refractivity contribution in [2.45, 2.75) is 44.7 Å². The highest BCUT2D eigenvalue weighted by atomic mass is 16.5. The van der Waals surface area contributed by atoms with Gasteiger partial charge in [0, 0.05) is 6.54 Å². The van der Waals surface area contributed by atoms with E-state index in [2.05, 4.69) is 6.42 Å². The molecule has 2 unspecified atom stereocenters. The summed E-state index contributed by atoms with van der Waals surface area (Å²) in [5.74, 6) is 0.439. The monoisotopic (exact) mass is 315 g/mol. The molecular formula is C18H23N2O3. The fraction of sp³-hybridized carbons (Fsp3) is 0.500. The van der Waals surface area contributed by atoms with E-state index in [0.29, 0.717) is 13.0 Å². The summed E-state index contributed by atoms with van der Waals surface area (Å²) in [4.78, 5) is 26.5. The molecule has 0 aromatic heterocycles. The van der Waals surface area contributed by atoms with Crippen LogP contribution in [0.4, 0.5) is 0 Å². The number of carbonyl (C=O) groups is 2. The Labute approximate surface area is 136 Å². The maximum atomic E-state index is 13.0. The molecular weight excluding hydrogens is 292 g/mol. The van der Waals surface area contributed by atoms with Gasteiger partial charge in [-0.25, -0.2) is 0 Å². The summed E-state index contributed by atoms with van der Waals surface area (Å²) < 4.78 is 5.15. The predicted molar refractivity (Wildman–Crippen MR) is 86.3 cm³/mol. The molecule has 23 heavy (non-hydrogen) atoms. The summed E-state index contributed by atoms with van der Waals surface area (Å²) in [6.45, 7) is 0.415. The zero-order chi connectivity index (χ0) is 16.4. The molecule has 2 fully saturated rings. The van der Waals surface area contributed by atoms with Crippen molar-refractivity contribution in [2.24, 2.45) is 11.1 Å². The lowest BCUT2D eigenvalue weighted by molar-refractivity contribution is -0.140. The highest BCUT2D eigenvalue weighted by molar-refractivity contribution is 5.93. The van der Waals surface area contributed by atoms with Crippen LogP contribution in [0, 0.1) is 11.8 Å². The van der Waals surface area contributed by atoms with E-state index in [1.54, 1.807) is 12.0 Å². The van der Waals surface area contributed by atoms with Crippen LogP contribution in [0.25, 0.3) is 0 Å². The molecule has 0 bridgehead atoms. The van der Waals surface area contributed by atoms with Crippen LogP contribution in [-0.2, 0) is 16.1 Å². The number of nitrogens with zero attached hydrogens (tertiary/aromatic N) is 1. The van der Waals surface area contributed by atoms with Crippen LogP contribution in [0.5, 0.6) is 5.75 Å². The predicted octanol–water partition coefficient (Wildman–Crippen LogP) is 2.05. The second-order valence-corrected chi connectivity index (χ2v) is 6.57. The molecule has 123 valence electrons. The van der Waals surface area contributed by atoms with E-state index in [-0.39, 0.29) is 5.91 Å². The van der Waals surface area contributed by atoms with Crippen LogP contribution in [0.15, 0.2) is 24.3 Å². The lowest BCUT2D eigenvalue weighted by Crippen LogP contribution is -2.42. The lowest BCUT2D eigenvalue weighted by Gasteiger charge is -2.31. The lowest BCUT2D eigenvalue weighted by atomic mass is 9.72. The van der Waals surface area contributed by atoms with Crippen LogP contribution in [0.2, 0.25) is 0 Å². The molecule has 1 aliphatic heterocycles. The fourth-order valence-electron chi connectivity index (χ4n) is 3.82. The Balaban J connectivity index is 1.82. The van der Waals surface area contributed by atoms with Gasteiger partial charge in [-0.15, -0.1) is 0 Å². The summed E-state index contributed by atoms with van der Waals surface area (Å²) in [7, 11) is 1.62. The average Bonchev–Trinajstić information content (AvgIpc) is 2.82. The minimum absolute atomic E-state index is 0.0769. The highest BCUT2D eigenvalue weighted by Gasteiger charge is 2.53. The summed E-state index contributed by atoms with van der Waals surface area (Å²) in [5.41, 5.74) is 6.14. The third kappa shape index (κ3) is 2.92. The second kappa shape index (κ2) is 6.22. The third-order valence-corrected chi connectivity index (χ3v) is 5.11. The molecule has 1 aliphatic carbocycles. The Morgan fingerprint density at radius 1 is 1.39 bits per heavy atom. The minimum Gasteiger partial charge on any atom is -0.497 e. The molecule has 1 aromatic carbocycles. The molecule has 5 nitrogen and oxygen atoms in total. The normalized spacial score (nSPS) is 23.3. The van der Waals surface area contributed by atoms with Gasteiger partial charge in [-0.05, 0) is 43.4 Å². The van der Waals surface area contributed by atoms with Crippen LogP contribution in [-0.4, -0.2) is 29.9 Å². The van der Waals surface area contributed by atoms with Crippen LogP contribution < -0.4 is 10.5 Å². The number of nitrogens with two attached hydrogens (primary N) is 1. The number of benzene rings is 1. The summed E-state index contributed by atoms with van der Waals surface area (Å²) in [6.07, 6.45) is 6.40. The van der Waals surface area contributed by atoms with Crippen molar-refractivity contribution in [3.63, 3.8) is 0 Å². The summed E-state index contributed by atoms with van der Waals surface area (Å²) in [5, 5.41) is 0. The zero-order valence-corrected chi connectivity index (χ0v) is 13.5. The van der Waals surface area contributed by atoms with Gasteiger partial charge in [0.05, 0.1) is 12.5 Å². The van der Waals surface area contributed by atoms with E-state index in [9.17, 15) is 9.59 Å². The number of carbonyl (C=O) groups excluding carboxylic acids is 2. The van der Waals surface area contributed by atoms with Gasteiger partial charge >= 0.3 is 0 Å². The number of hydrogen-bond acceptors (Lipinski definition) is 3. The van der Waals surface area contributed by atoms with E-state index < -0.39 is 17.4 Å². The van der Waals surface area contributed by atoms with E-state index in [1.807, 2.05) is 24.3 Å². The number of amides is 2. The van der Waals surface area contributed by atoms with Crippen molar-refractivity contribution in [3.05, 3.63) is 36.2 Å². The first kappa shape index (κ1) is 15.8. The Bertz CT molecular complexity index is 591. The molecule has 1 radical (unpaired) electrons. The van der Waals surface area contributed by atoms with Gasteiger partial charge in [-0.3, -0.25) is 9.59 Å². The summed E-state index contributed by atoms with van der Waals surface area (Å²) >= 11 is 0. The van der Waals surface area contributed by atoms with Gasteiger partial charge in [0.25, 0.3) is 0 Å². The summed E-state index contributed by atoms with van der Waals surface area (Å²) in [6, 6.07) is 7.05. The fourth-order valence-corrected chi connectivity index (χ4v) is 3.82. The number of primary amides is 1. The standard InChI is InChI=1S/C18H23N2O3/c1-23-14-7-5-13(6-8-14)12-20-15(16(19)21)11-18(17(20)22)9-3-2-4-10-18/h3,5-8,15H,2,4,9-12H2,1H3,(H2,19,21). The Morgan fingerprint density at radius 3 is 2.70 bits per heavy atom. The number of methoxy groups -OCH3 is 1. The largest absolute Gasteiger partial charge is 0.497 e. The Kier molecular flexibility index (Phi) is 4.28. The number of hydrogen-bond donors (Lipinski definition) is 1. The first-order chi connectivity index (χ1) is 11.1. The first-order valence-electron chi connectivity index (χ1n) is 8.11. The van der Waals surface area contributed by atoms with E-state index in [4.69, 9.17) is 10.5 Å². The topological polar surface area (TPSA) is 72.6 Å². The van der Waals surface area contributed by atoms with Gasteiger partial charge in [0.2, 0.25) is 11.8 Å². The minimum atomic E-state index is -0.504. The van der Waals surface area contributed by atoms with Gasteiger partial charge in [0.1, 0.15) is 11.8 Å². The number of likely N-dealkylation sites (tertiary alicyclic amines) is 1. The molecule has 2 atom stereocenters. The van der Waals surface area contributed by atoms with Gasteiger partial charge in [-0.2, -0.15) is 0 Å². The smallest absolute Gasteiger partial charge is 0.240 e. The maximum Gasteiger partial charge on any atom is 0.240 e. The molecule has 1 saturated carbocycles. The van der Waals surface area contributed by atoms with E-state index in [1.165, 1.54) is 0 Å². The number of ether oxygens (including phenoxy) is 1. The SMILES string of the molecule is COc1ccc(CN2C(=O)C3(C[CH]CCC3)CC2C(N)=O)cc1. The quantitative estimate of drug-likeness (QED) is 0.924. The molecule has 1 saturated heterocycles. The van der Waals surface area contributed by atoms with Crippen molar-refractivity contribution in [1.82, 2.24) is 4.90 Å². The highest BCUT2D eigenvalue weighted by Crippen LogP contribution is 2.47.